The minimum absolute atomic E-state index is 0.148. The molecule has 1 fully saturated rings. The van der Waals surface area contributed by atoms with Crippen LogP contribution in [0.25, 0.3) is 0 Å². The van der Waals surface area contributed by atoms with Crippen molar-refractivity contribution >= 4 is 17.6 Å². The molecule has 1 aliphatic rings. The van der Waals surface area contributed by atoms with Gasteiger partial charge < -0.3 is 5.11 Å². The van der Waals surface area contributed by atoms with Crippen LogP contribution < -0.4 is 4.90 Å². The largest absolute Gasteiger partial charge is 0.480 e. The Morgan fingerprint density at radius 2 is 1.73 bits per heavy atom. The van der Waals surface area contributed by atoms with Gasteiger partial charge in [0.1, 0.15) is 6.04 Å². The second-order valence-electron chi connectivity index (χ2n) is 5.60. The van der Waals surface area contributed by atoms with Crippen molar-refractivity contribution in [1.82, 2.24) is 0 Å². The highest BCUT2D eigenvalue weighted by atomic mass is 16.4. The summed E-state index contributed by atoms with van der Waals surface area (Å²) in [5.41, 5.74) is 2.60. The van der Waals surface area contributed by atoms with Crippen molar-refractivity contribution in [2.75, 3.05) is 4.90 Å². The molecular weight excluding hydrogens is 278 g/mol. The maximum absolute atomic E-state index is 12.4. The first-order chi connectivity index (χ1) is 10.6. The summed E-state index contributed by atoms with van der Waals surface area (Å²) in [6, 6.07) is 15.9. The van der Waals surface area contributed by atoms with Gasteiger partial charge in [0.25, 0.3) is 0 Å². The number of carbonyl (C=O) groups excluding carboxylic acids is 1. The van der Waals surface area contributed by atoms with Gasteiger partial charge in [0.05, 0.1) is 0 Å². The summed E-state index contributed by atoms with van der Waals surface area (Å²) in [4.78, 5) is 25.6. The van der Waals surface area contributed by atoms with E-state index in [0.29, 0.717) is 5.69 Å². The average molecular weight is 295 g/mol. The molecular formula is C18H17NO3. The molecule has 1 saturated heterocycles. The maximum Gasteiger partial charge on any atom is 0.327 e. The molecule has 112 valence electrons. The van der Waals surface area contributed by atoms with Crippen LogP contribution in [0, 0.1) is 6.92 Å². The first kappa shape index (κ1) is 14.3. The van der Waals surface area contributed by atoms with Crippen LogP contribution in [0.5, 0.6) is 0 Å². The SMILES string of the molecule is Cc1ccc(N2C(=O)CC(c3ccccc3)C2C(=O)O)cc1. The molecule has 3 rings (SSSR count). The van der Waals surface area contributed by atoms with Crippen molar-refractivity contribution < 1.29 is 14.7 Å². The molecule has 4 nitrogen and oxygen atoms in total. The third-order valence-electron chi connectivity index (χ3n) is 4.12. The number of rotatable bonds is 3. The molecule has 1 amide bonds. The summed E-state index contributed by atoms with van der Waals surface area (Å²) in [7, 11) is 0. The lowest BCUT2D eigenvalue weighted by Gasteiger charge is -2.25. The molecule has 2 unspecified atom stereocenters. The zero-order chi connectivity index (χ0) is 15.7. The Morgan fingerprint density at radius 1 is 1.09 bits per heavy atom. The van der Waals surface area contributed by atoms with Gasteiger partial charge in [-0.1, -0.05) is 48.0 Å². The van der Waals surface area contributed by atoms with E-state index in [4.69, 9.17) is 0 Å². The van der Waals surface area contributed by atoms with Crippen molar-refractivity contribution in [1.29, 1.82) is 0 Å². The highest BCUT2D eigenvalue weighted by Crippen LogP contribution is 2.37. The molecule has 0 spiro atoms. The quantitative estimate of drug-likeness (QED) is 0.947. The fraction of sp³-hybridized carbons (Fsp3) is 0.222. The van der Waals surface area contributed by atoms with Crippen LogP contribution in [-0.2, 0) is 9.59 Å². The summed E-state index contributed by atoms with van der Waals surface area (Å²) in [5.74, 6) is -1.45. The van der Waals surface area contributed by atoms with Gasteiger partial charge in [-0.2, -0.15) is 0 Å². The minimum Gasteiger partial charge on any atom is -0.480 e. The lowest BCUT2D eigenvalue weighted by Crippen LogP contribution is -2.40. The fourth-order valence-electron chi connectivity index (χ4n) is 3.03. The highest BCUT2D eigenvalue weighted by Gasteiger charge is 2.45. The van der Waals surface area contributed by atoms with Crippen molar-refractivity contribution in [3.63, 3.8) is 0 Å². The van der Waals surface area contributed by atoms with Crippen molar-refractivity contribution in [3.8, 4) is 0 Å². The number of benzene rings is 2. The van der Waals surface area contributed by atoms with Crippen LogP contribution in [0.4, 0.5) is 5.69 Å². The zero-order valence-electron chi connectivity index (χ0n) is 12.3. The van der Waals surface area contributed by atoms with E-state index in [0.717, 1.165) is 11.1 Å². The molecule has 0 saturated carbocycles. The monoisotopic (exact) mass is 295 g/mol. The summed E-state index contributed by atoms with van der Waals surface area (Å²) in [5, 5.41) is 9.66. The van der Waals surface area contributed by atoms with Gasteiger partial charge in [0.15, 0.2) is 0 Å². The van der Waals surface area contributed by atoms with E-state index in [1.54, 1.807) is 12.1 Å². The summed E-state index contributed by atoms with van der Waals surface area (Å²) < 4.78 is 0. The number of aliphatic carboxylic acids is 1. The van der Waals surface area contributed by atoms with Crippen LogP contribution in [0.15, 0.2) is 54.6 Å². The number of carboxylic acid groups (broad SMARTS) is 1. The van der Waals surface area contributed by atoms with Gasteiger partial charge >= 0.3 is 5.97 Å². The molecule has 0 radical (unpaired) electrons. The Morgan fingerprint density at radius 3 is 2.32 bits per heavy atom. The molecule has 2 aromatic carbocycles. The minimum atomic E-state index is -0.972. The Bertz CT molecular complexity index is 694. The van der Waals surface area contributed by atoms with Gasteiger partial charge in [0.2, 0.25) is 5.91 Å². The number of aryl methyl sites for hydroxylation is 1. The van der Waals surface area contributed by atoms with Gasteiger partial charge in [-0.15, -0.1) is 0 Å². The Balaban J connectivity index is 2.01. The van der Waals surface area contributed by atoms with Crippen molar-refractivity contribution in [2.45, 2.75) is 25.3 Å². The van der Waals surface area contributed by atoms with Gasteiger partial charge in [-0.25, -0.2) is 4.79 Å². The third kappa shape index (κ3) is 2.48. The fourth-order valence-corrected chi connectivity index (χ4v) is 3.03. The van der Waals surface area contributed by atoms with Crippen LogP contribution in [-0.4, -0.2) is 23.0 Å². The van der Waals surface area contributed by atoms with Crippen molar-refractivity contribution in [2.24, 2.45) is 0 Å². The molecule has 0 bridgehead atoms. The van der Waals surface area contributed by atoms with Crippen LogP contribution in [0.2, 0.25) is 0 Å². The smallest absolute Gasteiger partial charge is 0.327 e. The number of hydrogen-bond donors (Lipinski definition) is 1. The molecule has 1 N–H and O–H groups in total. The van der Waals surface area contributed by atoms with Crippen LogP contribution in [0.1, 0.15) is 23.5 Å². The number of nitrogens with zero attached hydrogens (tertiary/aromatic N) is 1. The predicted molar refractivity (Wildman–Crippen MR) is 83.9 cm³/mol. The highest BCUT2D eigenvalue weighted by molar-refractivity contribution is 6.03. The average Bonchev–Trinajstić information content (AvgIpc) is 2.87. The first-order valence-electron chi connectivity index (χ1n) is 7.24. The molecule has 2 aromatic rings. The van der Waals surface area contributed by atoms with E-state index in [9.17, 15) is 14.7 Å². The van der Waals surface area contributed by atoms with Gasteiger partial charge in [0, 0.05) is 18.0 Å². The van der Waals surface area contributed by atoms with E-state index < -0.39 is 12.0 Å². The maximum atomic E-state index is 12.4. The van der Waals surface area contributed by atoms with Gasteiger partial charge in [-0.05, 0) is 24.6 Å². The standard InChI is InChI=1S/C18H17NO3/c1-12-7-9-14(10-8-12)19-16(20)11-15(17(19)18(21)22)13-5-3-2-4-6-13/h2-10,15,17H,11H2,1H3,(H,21,22). The van der Waals surface area contributed by atoms with E-state index in [1.807, 2.05) is 49.4 Å². The predicted octanol–water partition coefficient (Wildman–Crippen LogP) is 2.97. The number of carbonyl (C=O) groups is 2. The second-order valence-corrected chi connectivity index (χ2v) is 5.60. The topological polar surface area (TPSA) is 57.6 Å². The number of carboxylic acids is 1. The lowest BCUT2D eigenvalue weighted by atomic mass is 9.91. The van der Waals surface area contributed by atoms with E-state index in [-0.39, 0.29) is 18.2 Å². The van der Waals surface area contributed by atoms with Crippen LogP contribution in [0.3, 0.4) is 0 Å². The first-order valence-corrected chi connectivity index (χ1v) is 7.24. The number of anilines is 1. The molecule has 0 aromatic heterocycles. The molecule has 1 aliphatic heterocycles. The summed E-state index contributed by atoms with van der Waals surface area (Å²) in [6.07, 6.45) is 0.217. The Labute approximate surface area is 129 Å². The lowest BCUT2D eigenvalue weighted by molar-refractivity contribution is -0.139. The molecule has 0 aliphatic carbocycles. The Kier molecular flexibility index (Phi) is 3.67. The van der Waals surface area contributed by atoms with E-state index in [2.05, 4.69) is 0 Å². The normalized spacial score (nSPS) is 21.1. The number of amides is 1. The van der Waals surface area contributed by atoms with E-state index >= 15 is 0 Å². The van der Waals surface area contributed by atoms with E-state index in [1.165, 1.54) is 4.90 Å². The molecule has 2 atom stereocenters. The molecule has 1 heterocycles. The zero-order valence-corrected chi connectivity index (χ0v) is 12.3. The van der Waals surface area contributed by atoms with Crippen molar-refractivity contribution in [3.05, 3.63) is 65.7 Å². The summed E-state index contributed by atoms with van der Waals surface area (Å²) in [6.45, 7) is 1.96. The Hall–Kier alpha value is -2.62. The third-order valence-corrected chi connectivity index (χ3v) is 4.12. The summed E-state index contributed by atoms with van der Waals surface area (Å²) >= 11 is 0. The second kappa shape index (κ2) is 5.64. The number of hydrogen-bond acceptors (Lipinski definition) is 2. The van der Waals surface area contributed by atoms with Gasteiger partial charge in [-0.3, -0.25) is 9.69 Å². The molecule has 4 heteroatoms. The molecule has 22 heavy (non-hydrogen) atoms. The van der Waals surface area contributed by atoms with Crippen LogP contribution >= 0.6 is 0 Å².